The van der Waals surface area contributed by atoms with E-state index in [1.807, 2.05) is 38.2 Å². The van der Waals surface area contributed by atoms with Crippen LogP contribution in [0.1, 0.15) is 18.9 Å². The standard InChI is InChI=1S/C17H24N2O3/c1-12(9-13-5-7-15(22-4)8-6-13)19(3)17(21)14-10-16(20)18(2)11-14/h5-8,12,14H,9-11H2,1-4H3/t12-,14+/m0/s1. The summed E-state index contributed by atoms with van der Waals surface area (Å²) in [7, 11) is 5.21. The zero-order valence-electron chi connectivity index (χ0n) is 13.7. The molecule has 5 nitrogen and oxygen atoms in total. The minimum Gasteiger partial charge on any atom is -0.497 e. The number of hydrogen-bond acceptors (Lipinski definition) is 3. The lowest BCUT2D eigenvalue weighted by molar-refractivity contribution is -0.136. The van der Waals surface area contributed by atoms with Gasteiger partial charge < -0.3 is 14.5 Å². The van der Waals surface area contributed by atoms with Crippen LogP contribution in [0, 0.1) is 5.92 Å². The van der Waals surface area contributed by atoms with Crippen LogP contribution in [0.5, 0.6) is 5.75 Å². The van der Waals surface area contributed by atoms with Gasteiger partial charge in [0.05, 0.1) is 13.0 Å². The molecule has 2 atom stereocenters. The van der Waals surface area contributed by atoms with Crippen LogP contribution >= 0.6 is 0 Å². The van der Waals surface area contributed by atoms with E-state index in [4.69, 9.17) is 4.74 Å². The summed E-state index contributed by atoms with van der Waals surface area (Å²) in [6.45, 7) is 2.56. The highest BCUT2D eigenvalue weighted by atomic mass is 16.5. The third-order valence-electron chi connectivity index (χ3n) is 4.39. The fourth-order valence-electron chi connectivity index (χ4n) is 2.77. The molecule has 0 N–H and O–H groups in total. The van der Waals surface area contributed by atoms with Crippen LogP contribution < -0.4 is 4.74 Å². The van der Waals surface area contributed by atoms with Crippen molar-refractivity contribution in [2.24, 2.45) is 5.92 Å². The second-order valence-corrected chi connectivity index (χ2v) is 6.03. The van der Waals surface area contributed by atoms with E-state index in [1.165, 1.54) is 0 Å². The number of methoxy groups -OCH3 is 1. The van der Waals surface area contributed by atoms with Gasteiger partial charge in [0, 0.05) is 33.1 Å². The summed E-state index contributed by atoms with van der Waals surface area (Å²) in [5, 5.41) is 0. The lowest BCUT2D eigenvalue weighted by Gasteiger charge is -2.27. The van der Waals surface area contributed by atoms with Gasteiger partial charge in [-0.15, -0.1) is 0 Å². The Hall–Kier alpha value is -2.04. The number of rotatable bonds is 5. The summed E-state index contributed by atoms with van der Waals surface area (Å²) < 4.78 is 5.15. The Balaban J connectivity index is 1.94. The fourth-order valence-corrected chi connectivity index (χ4v) is 2.77. The zero-order valence-corrected chi connectivity index (χ0v) is 13.7. The molecule has 0 unspecified atom stereocenters. The Morgan fingerprint density at radius 3 is 2.55 bits per heavy atom. The Morgan fingerprint density at radius 2 is 2.05 bits per heavy atom. The summed E-state index contributed by atoms with van der Waals surface area (Å²) in [6.07, 6.45) is 1.11. The number of likely N-dealkylation sites (N-methyl/N-ethyl adjacent to an activating group) is 1. The topological polar surface area (TPSA) is 49.9 Å². The predicted molar refractivity (Wildman–Crippen MR) is 84.7 cm³/mol. The van der Waals surface area contributed by atoms with Crippen LogP contribution in [0.3, 0.4) is 0 Å². The molecule has 1 fully saturated rings. The van der Waals surface area contributed by atoms with Gasteiger partial charge in [0.1, 0.15) is 5.75 Å². The van der Waals surface area contributed by atoms with Crippen LogP contribution in [-0.2, 0) is 16.0 Å². The van der Waals surface area contributed by atoms with E-state index in [1.54, 1.807) is 24.0 Å². The van der Waals surface area contributed by atoms with Gasteiger partial charge in [0.15, 0.2) is 0 Å². The lowest BCUT2D eigenvalue weighted by atomic mass is 10.0. The zero-order chi connectivity index (χ0) is 16.3. The number of hydrogen-bond donors (Lipinski definition) is 0. The average molecular weight is 304 g/mol. The molecule has 0 radical (unpaired) electrons. The van der Waals surface area contributed by atoms with Gasteiger partial charge in [-0.25, -0.2) is 0 Å². The monoisotopic (exact) mass is 304 g/mol. The average Bonchev–Trinajstić information content (AvgIpc) is 2.86. The summed E-state index contributed by atoms with van der Waals surface area (Å²) in [5.74, 6) is 0.724. The van der Waals surface area contributed by atoms with Crippen molar-refractivity contribution in [1.29, 1.82) is 0 Å². The van der Waals surface area contributed by atoms with Crippen molar-refractivity contribution in [1.82, 2.24) is 9.80 Å². The molecule has 2 amide bonds. The van der Waals surface area contributed by atoms with E-state index >= 15 is 0 Å². The van der Waals surface area contributed by atoms with Crippen molar-refractivity contribution < 1.29 is 14.3 Å². The molecule has 1 aromatic rings. The molecule has 0 saturated carbocycles. The molecule has 120 valence electrons. The van der Waals surface area contributed by atoms with Gasteiger partial charge in [0.2, 0.25) is 11.8 Å². The highest BCUT2D eigenvalue weighted by molar-refractivity contribution is 5.89. The molecule has 0 bridgehead atoms. The first-order chi connectivity index (χ1) is 10.4. The molecule has 5 heteroatoms. The number of ether oxygens (including phenoxy) is 1. The number of carbonyl (C=O) groups excluding carboxylic acids is 2. The molecular weight excluding hydrogens is 280 g/mol. The van der Waals surface area contributed by atoms with E-state index in [2.05, 4.69) is 0 Å². The lowest BCUT2D eigenvalue weighted by Crippen LogP contribution is -2.41. The molecule has 0 aliphatic carbocycles. The van der Waals surface area contributed by atoms with E-state index < -0.39 is 0 Å². The number of carbonyl (C=O) groups is 2. The summed E-state index contributed by atoms with van der Waals surface area (Å²) in [5.41, 5.74) is 1.16. The number of benzene rings is 1. The minimum absolute atomic E-state index is 0.0505. The second kappa shape index (κ2) is 6.81. The molecule has 0 spiro atoms. The maximum Gasteiger partial charge on any atom is 0.227 e. The summed E-state index contributed by atoms with van der Waals surface area (Å²) in [4.78, 5) is 27.5. The Bertz CT molecular complexity index is 541. The van der Waals surface area contributed by atoms with Crippen LogP contribution in [0.15, 0.2) is 24.3 Å². The first-order valence-corrected chi connectivity index (χ1v) is 7.56. The SMILES string of the molecule is COc1ccc(C[C@H](C)N(C)C(=O)[C@@H]2CC(=O)N(C)C2)cc1. The van der Waals surface area contributed by atoms with Crippen molar-refractivity contribution in [3.05, 3.63) is 29.8 Å². The third-order valence-corrected chi connectivity index (χ3v) is 4.39. The smallest absolute Gasteiger partial charge is 0.227 e. The van der Waals surface area contributed by atoms with Gasteiger partial charge in [-0.2, -0.15) is 0 Å². The third kappa shape index (κ3) is 3.59. The Labute approximate surface area is 131 Å². The van der Waals surface area contributed by atoms with Crippen molar-refractivity contribution >= 4 is 11.8 Å². The number of amides is 2. The van der Waals surface area contributed by atoms with Crippen molar-refractivity contribution in [3.63, 3.8) is 0 Å². The maximum absolute atomic E-state index is 12.5. The largest absolute Gasteiger partial charge is 0.497 e. The normalized spacial score (nSPS) is 19.2. The van der Waals surface area contributed by atoms with Crippen LogP contribution in [0.2, 0.25) is 0 Å². The molecule has 1 heterocycles. The van der Waals surface area contributed by atoms with Crippen molar-refractivity contribution in [2.75, 3.05) is 27.7 Å². The fraction of sp³-hybridized carbons (Fsp3) is 0.529. The van der Waals surface area contributed by atoms with Crippen molar-refractivity contribution in [2.45, 2.75) is 25.8 Å². The van der Waals surface area contributed by atoms with Crippen LogP contribution in [-0.4, -0.2) is 55.4 Å². The maximum atomic E-state index is 12.5. The summed E-state index contributed by atoms with van der Waals surface area (Å²) in [6, 6.07) is 7.96. The van der Waals surface area contributed by atoms with Gasteiger partial charge in [0.25, 0.3) is 0 Å². The van der Waals surface area contributed by atoms with Gasteiger partial charge in [-0.3, -0.25) is 9.59 Å². The Kier molecular flexibility index (Phi) is 5.06. The highest BCUT2D eigenvalue weighted by Crippen LogP contribution is 2.20. The predicted octanol–water partition coefficient (Wildman–Crippen LogP) is 1.56. The summed E-state index contributed by atoms with van der Waals surface area (Å²) >= 11 is 0. The molecule has 1 aromatic carbocycles. The first-order valence-electron chi connectivity index (χ1n) is 7.56. The van der Waals surface area contributed by atoms with Gasteiger partial charge >= 0.3 is 0 Å². The first kappa shape index (κ1) is 16.3. The van der Waals surface area contributed by atoms with Gasteiger partial charge in [-0.1, -0.05) is 12.1 Å². The van der Waals surface area contributed by atoms with E-state index in [9.17, 15) is 9.59 Å². The Morgan fingerprint density at radius 1 is 1.41 bits per heavy atom. The molecular formula is C17H24N2O3. The van der Waals surface area contributed by atoms with Crippen LogP contribution in [0.25, 0.3) is 0 Å². The highest BCUT2D eigenvalue weighted by Gasteiger charge is 2.34. The number of likely N-dealkylation sites (tertiary alicyclic amines) is 1. The van der Waals surface area contributed by atoms with Gasteiger partial charge in [-0.05, 0) is 31.0 Å². The molecule has 1 aliphatic heterocycles. The molecule has 2 rings (SSSR count). The number of nitrogens with zero attached hydrogens (tertiary/aromatic N) is 2. The molecule has 1 saturated heterocycles. The van der Waals surface area contributed by atoms with Crippen molar-refractivity contribution in [3.8, 4) is 5.75 Å². The molecule has 0 aromatic heterocycles. The minimum atomic E-state index is -0.208. The quantitative estimate of drug-likeness (QED) is 0.829. The molecule has 1 aliphatic rings. The van der Waals surface area contributed by atoms with Crippen LogP contribution in [0.4, 0.5) is 0 Å². The molecule has 22 heavy (non-hydrogen) atoms. The second-order valence-electron chi connectivity index (χ2n) is 6.03. The van der Waals surface area contributed by atoms with E-state index in [0.29, 0.717) is 13.0 Å². The van der Waals surface area contributed by atoms with E-state index in [0.717, 1.165) is 17.7 Å². The van der Waals surface area contributed by atoms with E-state index in [-0.39, 0.29) is 23.8 Å².